The van der Waals surface area contributed by atoms with Gasteiger partial charge in [0.1, 0.15) is 0 Å². The summed E-state index contributed by atoms with van der Waals surface area (Å²) in [7, 11) is 1.99. The number of nitrogens with zero attached hydrogens (tertiary/aromatic N) is 3. The third kappa shape index (κ3) is 6.36. The fourth-order valence-corrected chi connectivity index (χ4v) is 5.88. The maximum absolute atomic E-state index is 10.6. The van der Waals surface area contributed by atoms with E-state index in [-0.39, 0.29) is 0 Å². The lowest BCUT2D eigenvalue weighted by atomic mass is 9.92. The Balaban J connectivity index is 0.000000298. The molecule has 1 aliphatic carbocycles. The highest BCUT2D eigenvalue weighted by Gasteiger charge is 2.49. The van der Waals surface area contributed by atoms with Crippen LogP contribution in [-0.4, -0.2) is 68.2 Å². The summed E-state index contributed by atoms with van der Waals surface area (Å²) < 4.78 is 40.3. The van der Waals surface area contributed by atoms with Crippen molar-refractivity contribution >= 4 is 17.7 Å². The van der Waals surface area contributed by atoms with Crippen LogP contribution in [0.5, 0.6) is 0 Å². The zero-order valence-electron chi connectivity index (χ0n) is 16.5. The molecule has 1 aromatic heterocycles. The van der Waals surface area contributed by atoms with Crippen molar-refractivity contribution < 1.29 is 27.8 Å². The van der Waals surface area contributed by atoms with E-state index in [2.05, 4.69) is 28.0 Å². The van der Waals surface area contributed by atoms with Gasteiger partial charge < -0.3 is 9.84 Å². The van der Waals surface area contributed by atoms with E-state index in [4.69, 9.17) is 14.6 Å². The minimum atomic E-state index is -5.08. The lowest BCUT2D eigenvalue weighted by molar-refractivity contribution is -0.192. The molecular weight excluding hydrogens is 407 g/mol. The van der Waals surface area contributed by atoms with Gasteiger partial charge in [-0.05, 0) is 25.2 Å². The van der Waals surface area contributed by atoms with E-state index < -0.39 is 12.1 Å². The Morgan fingerprint density at radius 3 is 2.59 bits per heavy atom. The van der Waals surface area contributed by atoms with Gasteiger partial charge >= 0.3 is 12.1 Å². The van der Waals surface area contributed by atoms with Crippen LogP contribution in [-0.2, 0) is 23.1 Å². The number of alkyl halides is 3. The number of carboxylic acid groups (broad SMARTS) is 1. The first-order valence-corrected chi connectivity index (χ1v) is 10.9. The number of halogens is 3. The standard InChI is InChI=1S/C17H27N3OS.C2HF3O2/c1-19-8-15(7-18-19)9-20-12-17(13-20)6-16(11-22-17)21-10-14-4-2-3-5-14;3-2(4,5)1(6)7/h7-8,14,16H,2-6,9-13H2,1H3;(H,6,7). The Morgan fingerprint density at radius 2 is 2.03 bits per heavy atom. The molecule has 1 saturated carbocycles. The first-order valence-electron chi connectivity index (χ1n) is 9.91. The summed E-state index contributed by atoms with van der Waals surface area (Å²) in [6.45, 7) is 4.50. The predicted molar refractivity (Wildman–Crippen MR) is 104 cm³/mol. The maximum Gasteiger partial charge on any atom is 0.490 e. The van der Waals surface area contributed by atoms with Crippen LogP contribution >= 0.6 is 11.8 Å². The second-order valence-electron chi connectivity index (χ2n) is 8.27. The van der Waals surface area contributed by atoms with Crippen LogP contribution in [0, 0.1) is 5.92 Å². The molecule has 6 nitrogen and oxygen atoms in total. The van der Waals surface area contributed by atoms with Gasteiger partial charge in [0.05, 0.1) is 12.3 Å². The number of carboxylic acids is 1. The summed E-state index contributed by atoms with van der Waals surface area (Å²) in [6, 6.07) is 0. The van der Waals surface area contributed by atoms with Crippen molar-refractivity contribution in [3.63, 3.8) is 0 Å². The Hall–Kier alpha value is -1.26. The monoisotopic (exact) mass is 435 g/mol. The first kappa shape index (κ1) is 22.4. The number of hydrogen-bond acceptors (Lipinski definition) is 5. The molecule has 1 unspecified atom stereocenters. The maximum atomic E-state index is 10.6. The number of ether oxygens (including phenoxy) is 1. The molecule has 3 heterocycles. The Kier molecular flexibility index (Phi) is 7.16. The van der Waals surface area contributed by atoms with Crippen LogP contribution < -0.4 is 0 Å². The molecule has 0 radical (unpaired) electrons. The van der Waals surface area contributed by atoms with E-state index in [1.165, 1.54) is 56.5 Å². The molecule has 3 aliphatic rings. The molecule has 1 spiro atoms. The largest absolute Gasteiger partial charge is 0.490 e. The molecule has 10 heteroatoms. The van der Waals surface area contributed by atoms with Crippen LogP contribution in [0.15, 0.2) is 12.4 Å². The number of likely N-dealkylation sites (tertiary alicyclic amines) is 1. The summed E-state index contributed by atoms with van der Waals surface area (Å²) in [6.07, 6.45) is 6.41. The summed E-state index contributed by atoms with van der Waals surface area (Å²) in [5.74, 6) is -0.703. The van der Waals surface area contributed by atoms with Gasteiger partial charge in [-0.1, -0.05) is 12.8 Å². The average molecular weight is 436 g/mol. The van der Waals surface area contributed by atoms with E-state index in [9.17, 15) is 13.2 Å². The van der Waals surface area contributed by atoms with Gasteiger partial charge in [0, 0.05) is 55.5 Å². The van der Waals surface area contributed by atoms with E-state index in [0.717, 1.165) is 19.1 Å². The van der Waals surface area contributed by atoms with Gasteiger partial charge in [-0.2, -0.15) is 18.3 Å². The van der Waals surface area contributed by atoms with E-state index in [0.29, 0.717) is 10.9 Å². The zero-order chi connectivity index (χ0) is 21.1. The second kappa shape index (κ2) is 9.26. The van der Waals surface area contributed by atoms with Gasteiger partial charge in [-0.15, -0.1) is 11.8 Å². The fraction of sp³-hybridized carbons (Fsp3) is 0.789. The first-order chi connectivity index (χ1) is 13.7. The number of hydrogen-bond donors (Lipinski definition) is 1. The Bertz CT molecular complexity index is 686. The normalized spacial score (nSPS) is 24.3. The number of thioether (sulfide) groups is 1. The predicted octanol–water partition coefficient (Wildman–Crippen LogP) is 3.32. The molecular formula is C19H28F3N3O3S. The Labute approximate surface area is 172 Å². The molecule has 1 aromatic rings. The Morgan fingerprint density at radius 1 is 1.38 bits per heavy atom. The van der Waals surface area contributed by atoms with Crippen LogP contribution in [0.4, 0.5) is 13.2 Å². The zero-order valence-corrected chi connectivity index (χ0v) is 17.3. The molecule has 2 aliphatic heterocycles. The summed E-state index contributed by atoms with van der Waals surface area (Å²) in [5, 5.41) is 11.4. The van der Waals surface area contributed by atoms with Crippen molar-refractivity contribution in [1.29, 1.82) is 0 Å². The summed E-state index contributed by atoms with van der Waals surface area (Å²) in [5.41, 5.74) is 1.33. The van der Waals surface area contributed by atoms with Crippen LogP contribution in [0.25, 0.3) is 0 Å². The molecule has 164 valence electrons. The minimum Gasteiger partial charge on any atom is -0.475 e. The highest BCUT2D eigenvalue weighted by Crippen LogP contribution is 2.46. The third-order valence-electron chi connectivity index (χ3n) is 5.65. The van der Waals surface area contributed by atoms with E-state index >= 15 is 0 Å². The minimum absolute atomic E-state index is 0.489. The van der Waals surface area contributed by atoms with Crippen molar-refractivity contribution in [3.8, 4) is 0 Å². The average Bonchev–Trinajstić information content (AvgIpc) is 3.34. The van der Waals surface area contributed by atoms with Gasteiger partial charge in [-0.25, -0.2) is 4.79 Å². The molecule has 1 N–H and O–H groups in total. The number of carbonyl (C=O) groups is 1. The van der Waals surface area contributed by atoms with Gasteiger partial charge in [0.15, 0.2) is 0 Å². The lowest BCUT2D eigenvalue weighted by Gasteiger charge is -2.47. The topological polar surface area (TPSA) is 67.6 Å². The van der Waals surface area contributed by atoms with Crippen molar-refractivity contribution in [2.45, 2.75) is 55.7 Å². The highest BCUT2D eigenvalue weighted by molar-refractivity contribution is 8.01. The van der Waals surface area contributed by atoms with E-state index in [1.807, 2.05) is 17.9 Å². The van der Waals surface area contributed by atoms with Gasteiger partial charge in [-0.3, -0.25) is 9.58 Å². The molecule has 29 heavy (non-hydrogen) atoms. The third-order valence-corrected chi connectivity index (χ3v) is 7.22. The number of aliphatic carboxylic acids is 1. The second-order valence-corrected chi connectivity index (χ2v) is 9.76. The SMILES string of the molecule is Cn1cc(CN2CC3(CC(OCC4CCCC4)CS3)C2)cn1.O=C(O)C(F)(F)F. The van der Waals surface area contributed by atoms with Crippen molar-refractivity contribution in [2.75, 3.05) is 25.4 Å². The molecule has 0 aromatic carbocycles. The van der Waals surface area contributed by atoms with Gasteiger partial charge in [0.2, 0.25) is 0 Å². The molecule has 0 bridgehead atoms. The number of aryl methyl sites for hydroxylation is 1. The molecule has 4 rings (SSSR count). The lowest BCUT2D eigenvalue weighted by Crippen LogP contribution is -2.58. The van der Waals surface area contributed by atoms with Gasteiger partial charge in [0.25, 0.3) is 0 Å². The van der Waals surface area contributed by atoms with Crippen LogP contribution in [0.3, 0.4) is 0 Å². The van der Waals surface area contributed by atoms with Crippen LogP contribution in [0.2, 0.25) is 0 Å². The fourth-order valence-electron chi connectivity index (χ4n) is 4.27. The van der Waals surface area contributed by atoms with Crippen molar-refractivity contribution in [1.82, 2.24) is 14.7 Å². The molecule has 2 saturated heterocycles. The summed E-state index contributed by atoms with van der Waals surface area (Å²) in [4.78, 5) is 11.4. The number of aromatic nitrogens is 2. The smallest absolute Gasteiger partial charge is 0.475 e. The molecule has 1 atom stereocenters. The van der Waals surface area contributed by atoms with Crippen molar-refractivity contribution in [3.05, 3.63) is 18.0 Å². The van der Waals surface area contributed by atoms with Crippen LogP contribution in [0.1, 0.15) is 37.7 Å². The van der Waals surface area contributed by atoms with E-state index in [1.54, 1.807) is 0 Å². The van der Waals surface area contributed by atoms with Crippen molar-refractivity contribution in [2.24, 2.45) is 13.0 Å². The molecule has 0 amide bonds. The quantitative estimate of drug-likeness (QED) is 0.765. The number of rotatable bonds is 5. The highest BCUT2D eigenvalue weighted by atomic mass is 32.2. The molecule has 3 fully saturated rings. The summed E-state index contributed by atoms with van der Waals surface area (Å²) >= 11 is 2.15.